The first-order valence-electron chi connectivity index (χ1n) is 7.87. The van der Waals surface area contributed by atoms with Gasteiger partial charge in [-0.2, -0.15) is 0 Å². The summed E-state index contributed by atoms with van der Waals surface area (Å²) in [4.78, 5) is 14.1. The molecule has 1 amide bonds. The van der Waals surface area contributed by atoms with E-state index in [4.69, 9.17) is 0 Å². The molecule has 0 bridgehead atoms. The van der Waals surface area contributed by atoms with E-state index in [1.54, 1.807) is 30.3 Å². The minimum atomic E-state index is -0.431. The van der Waals surface area contributed by atoms with Crippen molar-refractivity contribution in [1.29, 1.82) is 0 Å². The van der Waals surface area contributed by atoms with Crippen molar-refractivity contribution >= 4 is 17.2 Å². The molecule has 24 heavy (non-hydrogen) atoms. The Bertz CT molecular complexity index is 756. The van der Waals surface area contributed by atoms with Gasteiger partial charge in [-0.1, -0.05) is 30.3 Å². The summed E-state index contributed by atoms with van der Waals surface area (Å²) >= 11 is 0. The lowest BCUT2D eigenvalue weighted by molar-refractivity contribution is -0.117. The molecule has 4 nitrogen and oxygen atoms in total. The van der Waals surface area contributed by atoms with Gasteiger partial charge in [0.2, 0.25) is 5.91 Å². The third-order valence-corrected chi connectivity index (χ3v) is 4.05. The van der Waals surface area contributed by atoms with Crippen LogP contribution in [0.15, 0.2) is 54.6 Å². The van der Waals surface area contributed by atoms with Crippen LogP contribution in [-0.4, -0.2) is 35.5 Å². The van der Waals surface area contributed by atoms with Crippen molar-refractivity contribution in [2.75, 3.05) is 25.0 Å². The predicted molar refractivity (Wildman–Crippen MR) is 92.2 cm³/mol. The van der Waals surface area contributed by atoms with Crippen molar-refractivity contribution in [1.82, 2.24) is 4.90 Å². The highest BCUT2D eigenvalue weighted by Gasteiger charge is 2.16. The molecule has 2 N–H and O–H groups in total. The van der Waals surface area contributed by atoms with E-state index in [1.807, 2.05) is 17.0 Å². The molecule has 2 aromatic carbocycles. The van der Waals surface area contributed by atoms with Crippen LogP contribution in [0.25, 0.3) is 5.57 Å². The van der Waals surface area contributed by atoms with Crippen LogP contribution in [0.4, 0.5) is 10.1 Å². The van der Waals surface area contributed by atoms with Gasteiger partial charge in [0.05, 0.1) is 12.2 Å². The Labute approximate surface area is 140 Å². The number of hydrogen-bond donors (Lipinski definition) is 2. The van der Waals surface area contributed by atoms with Gasteiger partial charge in [-0.3, -0.25) is 9.69 Å². The first kappa shape index (κ1) is 16.2. The van der Waals surface area contributed by atoms with E-state index in [0.717, 1.165) is 18.5 Å². The number of carbonyl (C=O) groups excluding carboxylic acids is 1. The van der Waals surface area contributed by atoms with Gasteiger partial charge < -0.3 is 10.4 Å². The van der Waals surface area contributed by atoms with Gasteiger partial charge in [0.1, 0.15) is 11.6 Å². The van der Waals surface area contributed by atoms with Crippen molar-refractivity contribution < 1.29 is 14.3 Å². The average molecular weight is 326 g/mol. The van der Waals surface area contributed by atoms with E-state index in [0.29, 0.717) is 6.54 Å². The fourth-order valence-electron chi connectivity index (χ4n) is 2.75. The van der Waals surface area contributed by atoms with Crippen LogP contribution in [0.3, 0.4) is 0 Å². The molecule has 0 saturated heterocycles. The number of rotatable bonds is 4. The van der Waals surface area contributed by atoms with Crippen LogP contribution >= 0.6 is 0 Å². The Balaban J connectivity index is 1.56. The summed E-state index contributed by atoms with van der Waals surface area (Å²) in [5.74, 6) is -0.401. The number of benzene rings is 2. The molecule has 124 valence electrons. The standard InChI is InChI=1S/C19H19FN2O2/c20-17-3-1-2-4-18(17)21-19(24)13-22-11-9-15(10-12-22)14-5-7-16(23)8-6-14/h1-9,23H,10-13H2,(H,21,24). The van der Waals surface area contributed by atoms with Gasteiger partial charge in [-0.25, -0.2) is 4.39 Å². The number of aromatic hydroxyl groups is 1. The molecule has 5 heteroatoms. The first-order chi connectivity index (χ1) is 11.6. The van der Waals surface area contributed by atoms with Gasteiger partial charge >= 0.3 is 0 Å². The lowest BCUT2D eigenvalue weighted by Crippen LogP contribution is -2.36. The van der Waals surface area contributed by atoms with Gasteiger partial charge in [0, 0.05) is 13.1 Å². The van der Waals surface area contributed by atoms with Crippen molar-refractivity contribution in [2.24, 2.45) is 0 Å². The number of hydrogen-bond acceptors (Lipinski definition) is 3. The third kappa shape index (κ3) is 4.00. The molecular weight excluding hydrogens is 307 g/mol. The number of halogens is 1. The van der Waals surface area contributed by atoms with E-state index in [2.05, 4.69) is 11.4 Å². The highest BCUT2D eigenvalue weighted by atomic mass is 19.1. The number of anilines is 1. The zero-order valence-corrected chi connectivity index (χ0v) is 13.2. The fraction of sp³-hybridized carbons (Fsp3) is 0.211. The molecule has 1 aliphatic heterocycles. The van der Waals surface area contributed by atoms with E-state index in [1.165, 1.54) is 11.6 Å². The summed E-state index contributed by atoms with van der Waals surface area (Å²) in [7, 11) is 0. The van der Waals surface area contributed by atoms with Gasteiger partial charge in [-0.15, -0.1) is 0 Å². The maximum Gasteiger partial charge on any atom is 0.238 e. The molecule has 0 fully saturated rings. The number of phenolic OH excluding ortho intramolecular Hbond substituents is 1. The fourth-order valence-corrected chi connectivity index (χ4v) is 2.75. The van der Waals surface area contributed by atoms with E-state index in [-0.39, 0.29) is 23.9 Å². The van der Waals surface area contributed by atoms with Gasteiger partial charge in [0.15, 0.2) is 0 Å². The molecular formula is C19H19FN2O2. The average Bonchev–Trinajstić information content (AvgIpc) is 2.58. The number of para-hydroxylation sites is 1. The monoisotopic (exact) mass is 326 g/mol. The van der Waals surface area contributed by atoms with Crippen LogP contribution in [0.2, 0.25) is 0 Å². The molecule has 0 atom stereocenters. The van der Waals surface area contributed by atoms with E-state index >= 15 is 0 Å². The maximum absolute atomic E-state index is 13.5. The summed E-state index contributed by atoms with van der Waals surface area (Å²) in [6, 6.07) is 13.3. The van der Waals surface area contributed by atoms with Crippen LogP contribution < -0.4 is 5.32 Å². The summed E-state index contributed by atoms with van der Waals surface area (Å²) in [5, 5.41) is 11.9. The highest BCUT2D eigenvalue weighted by molar-refractivity contribution is 5.92. The zero-order valence-electron chi connectivity index (χ0n) is 13.2. The predicted octanol–water partition coefficient (Wildman–Crippen LogP) is 3.26. The molecule has 1 aliphatic rings. The minimum Gasteiger partial charge on any atom is -0.508 e. The molecule has 3 rings (SSSR count). The van der Waals surface area contributed by atoms with Crippen molar-refractivity contribution in [3.8, 4) is 5.75 Å². The normalized spacial score (nSPS) is 15.0. The Hall–Kier alpha value is -2.66. The molecule has 0 saturated carbocycles. The second-order valence-corrected chi connectivity index (χ2v) is 5.79. The molecule has 0 spiro atoms. The maximum atomic E-state index is 13.5. The van der Waals surface area contributed by atoms with Crippen LogP contribution in [0.1, 0.15) is 12.0 Å². The number of nitrogens with zero attached hydrogens (tertiary/aromatic N) is 1. The number of amides is 1. The second kappa shape index (κ2) is 7.27. The van der Waals surface area contributed by atoms with E-state index in [9.17, 15) is 14.3 Å². The summed E-state index contributed by atoms with van der Waals surface area (Å²) in [6.07, 6.45) is 2.92. The lowest BCUT2D eigenvalue weighted by Gasteiger charge is -2.26. The molecule has 0 aromatic heterocycles. The molecule has 0 aliphatic carbocycles. The number of nitrogens with one attached hydrogen (secondary N) is 1. The van der Waals surface area contributed by atoms with Crippen molar-refractivity contribution in [3.05, 3.63) is 66.0 Å². The van der Waals surface area contributed by atoms with E-state index < -0.39 is 5.82 Å². The number of phenols is 1. The van der Waals surface area contributed by atoms with Gasteiger partial charge in [0.25, 0.3) is 0 Å². The largest absolute Gasteiger partial charge is 0.508 e. The second-order valence-electron chi connectivity index (χ2n) is 5.79. The molecule has 0 radical (unpaired) electrons. The van der Waals surface area contributed by atoms with Crippen LogP contribution in [-0.2, 0) is 4.79 Å². The SMILES string of the molecule is O=C(CN1CC=C(c2ccc(O)cc2)CC1)Nc1ccccc1F. The van der Waals surface area contributed by atoms with Crippen LogP contribution in [0.5, 0.6) is 5.75 Å². The summed E-state index contributed by atoms with van der Waals surface area (Å²) < 4.78 is 13.5. The summed E-state index contributed by atoms with van der Waals surface area (Å²) in [6.45, 7) is 1.66. The Morgan fingerprint density at radius 2 is 1.92 bits per heavy atom. The lowest BCUT2D eigenvalue weighted by atomic mass is 9.99. The molecule has 0 unspecified atom stereocenters. The smallest absolute Gasteiger partial charge is 0.238 e. The molecule has 2 aromatic rings. The quantitative estimate of drug-likeness (QED) is 0.907. The van der Waals surface area contributed by atoms with Gasteiger partial charge in [-0.05, 0) is 41.8 Å². The number of carbonyl (C=O) groups is 1. The Morgan fingerprint density at radius 3 is 2.58 bits per heavy atom. The van der Waals surface area contributed by atoms with Crippen LogP contribution in [0, 0.1) is 5.82 Å². The van der Waals surface area contributed by atoms with Crippen molar-refractivity contribution in [2.45, 2.75) is 6.42 Å². The molecule has 1 heterocycles. The first-order valence-corrected chi connectivity index (χ1v) is 7.87. The Kier molecular flexibility index (Phi) is 4.91. The summed E-state index contributed by atoms with van der Waals surface area (Å²) in [5.41, 5.74) is 2.50. The third-order valence-electron chi connectivity index (χ3n) is 4.05. The zero-order chi connectivity index (χ0) is 16.9. The van der Waals surface area contributed by atoms with Crippen molar-refractivity contribution in [3.63, 3.8) is 0 Å². The highest BCUT2D eigenvalue weighted by Crippen LogP contribution is 2.24. The topological polar surface area (TPSA) is 52.6 Å². The Morgan fingerprint density at radius 1 is 1.17 bits per heavy atom. The minimum absolute atomic E-state index is 0.208.